The van der Waals surface area contributed by atoms with Crippen LogP contribution in [0.1, 0.15) is 41.4 Å². The molecule has 12 heteroatoms. The molecule has 0 saturated carbocycles. The van der Waals surface area contributed by atoms with E-state index in [1.807, 2.05) is 11.9 Å². The molecule has 9 nitrogen and oxygen atoms in total. The van der Waals surface area contributed by atoms with Crippen LogP contribution >= 0.6 is 11.8 Å². The number of ether oxygens (including phenoxy) is 1. The van der Waals surface area contributed by atoms with Gasteiger partial charge in [0.1, 0.15) is 17.7 Å². The van der Waals surface area contributed by atoms with E-state index >= 15 is 0 Å². The van der Waals surface area contributed by atoms with Crippen molar-refractivity contribution in [3.63, 3.8) is 0 Å². The number of rotatable bonds is 4. The van der Waals surface area contributed by atoms with E-state index in [0.29, 0.717) is 43.9 Å². The zero-order valence-corrected chi connectivity index (χ0v) is 19.6. The number of carbonyl (C=O) groups is 1. The molecule has 0 aliphatic carbocycles. The number of aromatic nitrogens is 1. The molecule has 1 aromatic heterocycles. The second kappa shape index (κ2) is 8.45. The quantitative estimate of drug-likeness (QED) is 0.489. The molecule has 35 heavy (non-hydrogen) atoms. The third-order valence-corrected chi connectivity index (χ3v) is 7.59. The van der Waals surface area contributed by atoms with Gasteiger partial charge in [0.25, 0.3) is 5.91 Å². The topological polar surface area (TPSA) is 121 Å². The summed E-state index contributed by atoms with van der Waals surface area (Å²) >= 11 is 0.513. The number of amides is 1. The average Bonchev–Trinajstić information content (AvgIpc) is 2.79. The summed E-state index contributed by atoms with van der Waals surface area (Å²) in [4.78, 5) is 27.8. The zero-order chi connectivity index (χ0) is 25.1. The molecule has 1 aromatic carbocycles. The normalized spacial score (nSPS) is 22.7. The Hall–Kier alpha value is -3.25. The van der Waals surface area contributed by atoms with Crippen LogP contribution in [0.3, 0.4) is 0 Å². The van der Waals surface area contributed by atoms with E-state index in [2.05, 4.69) is 0 Å². The summed E-state index contributed by atoms with van der Waals surface area (Å²) in [5, 5.41) is 30.6. The Morgan fingerprint density at radius 2 is 2.14 bits per heavy atom. The molecule has 2 aromatic rings. The molecule has 4 heterocycles. The fraction of sp³-hybridized carbons (Fsp3) is 0.391. The van der Waals surface area contributed by atoms with Crippen LogP contribution in [0, 0.1) is 17.0 Å². The molecule has 184 valence electrons. The van der Waals surface area contributed by atoms with Crippen LogP contribution in [0.2, 0.25) is 0 Å². The van der Waals surface area contributed by atoms with Crippen molar-refractivity contribution in [2.45, 2.75) is 38.0 Å². The minimum Gasteiger partial charge on any atom is -0.797 e. The van der Waals surface area contributed by atoms with Gasteiger partial charge in [0.05, 0.1) is 11.6 Å². The summed E-state index contributed by atoms with van der Waals surface area (Å²) in [5.74, 6) is -2.88. The highest BCUT2D eigenvalue weighted by atomic mass is 32.2. The van der Waals surface area contributed by atoms with E-state index in [1.54, 1.807) is 4.90 Å². The molecule has 1 amide bonds. The Morgan fingerprint density at radius 1 is 1.37 bits per heavy atom. The van der Waals surface area contributed by atoms with Crippen LogP contribution in [0.4, 0.5) is 8.78 Å². The van der Waals surface area contributed by atoms with E-state index in [0.717, 1.165) is 12.5 Å². The maximum absolute atomic E-state index is 13.9. The standard InChI is InChI=1S/C23H22F2N5O4S/c1-2-28-22(33)18-20(32)19(31)14(10-29(18)30-11-16-23(28,30)6-3-7-34-16)21(27)35-17(26)8-12-4-5-13(24)9-15(12)25/h4-5,9-10,16,26,32H,2-3,6-8,11H2,1H3/q-1. The van der Waals surface area contributed by atoms with E-state index in [1.165, 1.54) is 16.9 Å². The van der Waals surface area contributed by atoms with Gasteiger partial charge in [0.2, 0.25) is 5.43 Å². The van der Waals surface area contributed by atoms with Gasteiger partial charge in [-0.15, -0.1) is 5.04 Å². The van der Waals surface area contributed by atoms with Crippen molar-refractivity contribution in [1.29, 1.82) is 5.41 Å². The Morgan fingerprint density at radius 3 is 2.83 bits per heavy atom. The predicted molar refractivity (Wildman–Crippen MR) is 127 cm³/mol. The lowest BCUT2D eigenvalue weighted by Gasteiger charge is -2.67. The molecule has 0 radical (unpaired) electrons. The lowest BCUT2D eigenvalue weighted by atomic mass is 9.82. The Kier molecular flexibility index (Phi) is 5.67. The summed E-state index contributed by atoms with van der Waals surface area (Å²) in [6.45, 7) is 3.18. The highest BCUT2D eigenvalue weighted by molar-refractivity contribution is 8.27. The molecule has 2 atom stereocenters. The molecule has 2 N–H and O–H groups in total. The molecule has 2 unspecified atom stereocenters. The third kappa shape index (κ3) is 3.46. The van der Waals surface area contributed by atoms with Crippen LogP contribution in [0.25, 0.3) is 5.41 Å². The Labute approximate surface area is 203 Å². The van der Waals surface area contributed by atoms with Crippen molar-refractivity contribution in [2.24, 2.45) is 0 Å². The van der Waals surface area contributed by atoms with E-state index in [9.17, 15) is 28.9 Å². The van der Waals surface area contributed by atoms with E-state index in [4.69, 9.17) is 10.1 Å². The minimum absolute atomic E-state index is 0.0535. The number of benzene rings is 1. The smallest absolute Gasteiger partial charge is 0.278 e. The van der Waals surface area contributed by atoms with Gasteiger partial charge >= 0.3 is 0 Å². The lowest BCUT2D eigenvalue weighted by Crippen LogP contribution is -2.86. The lowest BCUT2D eigenvalue weighted by molar-refractivity contribution is -0.159. The fourth-order valence-corrected chi connectivity index (χ4v) is 5.89. The maximum Gasteiger partial charge on any atom is 0.278 e. The number of halogens is 2. The molecule has 1 spiro atoms. The molecule has 3 aliphatic rings. The van der Waals surface area contributed by atoms with Gasteiger partial charge in [-0.3, -0.25) is 24.7 Å². The summed E-state index contributed by atoms with van der Waals surface area (Å²) in [7, 11) is 0. The maximum atomic E-state index is 13.9. The Bertz CT molecular complexity index is 1330. The van der Waals surface area contributed by atoms with Crippen LogP contribution in [-0.4, -0.2) is 62.1 Å². The summed E-state index contributed by atoms with van der Waals surface area (Å²) < 4.78 is 34.3. The monoisotopic (exact) mass is 502 g/mol. The van der Waals surface area contributed by atoms with Crippen molar-refractivity contribution in [3.8, 4) is 5.75 Å². The SMILES string of the molecule is CCN1C(=O)c2c(O)c(=O)c(C(=[N-])SC(=N)Cc3ccc(F)cc3F)cn2N2CC3OCCCC312. The van der Waals surface area contributed by atoms with Gasteiger partial charge in [-0.25, -0.2) is 8.78 Å². The van der Waals surface area contributed by atoms with Crippen LogP contribution in [0.5, 0.6) is 5.75 Å². The van der Waals surface area contributed by atoms with Crippen LogP contribution in [0.15, 0.2) is 29.2 Å². The van der Waals surface area contributed by atoms with Crippen molar-refractivity contribution in [1.82, 2.24) is 9.58 Å². The zero-order valence-electron chi connectivity index (χ0n) is 18.8. The predicted octanol–water partition coefficient (Wildman–Crippen LogP) is 2.40. The number of pyridine rings is 1. The van der Waals surface area contributed by atoms with Crippen LogP contribution < -0.4 is 10.4 Å². The molecular weight excluding hydrogens is 480 g/mol. The van der Waals surface area contributed by atoms with Crippen molar-refractivity contribution < 1.29 is 23.4 Å². The van der Waals surface area contributed by atoms with Gasteiger partial charge in [-0.2, -0.15) is 0 Å². The second-order valence-electron chi connectivity index (χ2n) is 8.63. The summed E-state index contributed by atoms with van der Waals surface area (Å²) in [6, 6.07) is 2.97. The number of nitrogens with one attached hydrogen (secondary N) is 1. The number of nitrogens with zero attached hydrogens (tertiary/aromatic N) is 4. The number of likely N-dealkylation sites (N-methyl/N-ethyl adjacent to an activating group) is 1. The van der Waals surface area contributed by atoms with Crippen molar-refractivity contribution in [2.75, 3.05) is 24.7 Å². The molecule has 5 rings (SSSR count). The number of thioether (sulfide) groups is 1. The van der Waals surface area contributed by atoms with E-state index in [-0.39, 0.29) is 34.4 Å². The largest absolute Gasteiger partial charge is 0.797 e. The first-order chi connectivity index (χ1) is 16.7. The van der Waals surface area contributed by atoms with Crippen molar-refractivity contribution >= 4 is 27.8 Å². The first-order valence-electron chi connectivity index (χ1n) is 11.1. The molecule has 3 aliphatic heterocycles. The van der Waals surface area contributed by atoms with Crippen LogP contribution in [-0.2, 0) is 11.2 Å². The number of hydrogen-bond acceptors (Lipinski definition) is 7. The first kappa shape index (κ1) is 23.5. The summed E-state index contributed by atoms with van der Waals surface area (Å²) in [6.07, 6.45) is 2.21. The number of fused-ring (bicyclic) bond motifs is 2. The molecule has 2 saturated heterocycles. The third-order valence-electron chi connectivity index (χ3n) is 6.78. The Balaban J connectivity index is 1.47. The summed E-state index contributed by atoms with van der Waals surface area (Å²) in [5.41, 5.74) is -2.15. The number of aromatic hydroxyl groups is 1. The first-order valence-corrected chi connectivity index (χ1v) is 12.0. The van der Waals surface area contributed by atoms with Crippen molar-refractivity contribution in [3.05, 3.63) is 68.5 Å². The number of carbonyl (C=O) groups excluding carboxylic acids is 1. The van der Waals surface area contributed by atoms with Gasteiger partial charge in [-0.05, 0) is 31.4 Å². The number of hydrogen-bond donors (Lipinski definition) is 2. The molecule has 2 fully saturated rings. The minimum atomic E-state index is -0.959. The highest BCUT2D eigenvalue weighted by Crippen LogP contribution is 2.46. The fourth-order valence-electron chi connectivity index (χ4n) is 5.17. The van der Waals surface area contributed by atoms with Gasteiger partial charge in [0, 0.05) is 37.4 Å². The highest BCUT2D eigenvalue weighted by Gasteiger charge is 2.64. The second-order valence-corrected chi connectivity index (χ2v) is 9.71. The molecule has 0 bridgehead atoms. The van der Waals surface area contributed by atoms with Gasteiger partial charge in [0.15, 0.2) is 17.1 Å². The van der Waals surface area contributed by atoms with Gasteiger partial charge < -0.3 is 20.2 Å². The van der Waals surface area contributed by atoms with E-state index < -0.39 is 39.4 Å². The average molecular weight is 503 g/mol. The molecular formula is C23H22F2N5O4S-. The van der Waals surface area contributed by atoms with Gasteiger partial charge in [-0.1, -0.05) is 17.8 Å².